The average molecular weight is 395 g/mol. The van der Waals surface area contributed by atoms with Crippen molar-refractivity contribution in [1.29, 1.82) is 0 Å². The Labute approximate surface area is 170 Å². The van der Waals surface area contributed by atoms with E-state index >= 15 is 0 Å². The first-order chi connectivity index (χ1) is 13.9. The van der Waals surface area contributed by atoms with Crippen molar-refractivity contribution in [3.05, 3.63) is 77.1 Å². The minimum atomic E-state index is -1.32. The molecule has 0 fully saturated rings. The van der Waals surface area contributed by atoms with Crippen LogP contribution in [0.3, 0.4) is 0 Å². The summed E-state index contributed by atoms with van der Waals surface area (Å²) in [4.78, 5) is 27.4. The number of aliphatic hydroxyl groups is 1. The third kappa shape index (κ3) is 6.40. The summed E-state index contributed by atoms with van der Waals surface area (Å²) in [6.07, 6.45) is 9.06. The molecule has 1 heterocycles. The summed E-state index contributed by atoms with van der Waals surface area (Å²) < 4.78 is 9.82. The van der Waals surface area contributed by atoms with Gasteiger partial charge in [-0.1, -0.05) is 6.07 Å². The number of aromatic nitrogens is 1. The standard InChI is InChI=1S/C23H25NO5/c1-4-28-21(25)10-8-17-13-18(9-11-22(26)29-5-2)15-20(14-17)23(3,27)19-7-6-12-24-16-19/h6-16,27H,4-5H2,1-3H3/b10-8+,11-9+. The molecule has 0 spiro atoms. The van der Waals surface area contributed by atoms with Crippen LogP contribution < -0.4 is 0 Å². The second kappa shape index (κ2) is 10.3. The van der Waals surface area contributed by atoms with Gasteiger partial charge in [0.05, 0.1) is 13.2 Å². The Balaban J connectivity index is 2.46. The molecular formula is C23H25NO5. The number of nitrogens with zero attached hydrogens (tertiary/aromatic N) is 1. The van der Waals surface area contributed by atoms with Crippen molar-refractivity contribution in [3.63, 3.8) is 0 Å². The van der Waals surface area contributed by atoms with Crippen molar-refractivity contribution >= 4 is 24.1 Å². The van der Waals surface area contributed by atoms with Crippen molar-refractivity contribution < 1.29 is 24.2 Å². The quantitative estimate of drug-likeness (QED) is 0.544. The van der Waals surface area contributed by atoms with Gasteiger partial charge in [0, 0.05) is 30.1 Å². The predicted molar refractivity (Wildman–Crippen MR) is 111 cm³/mol. The summed E-state index contributed by atoms with van der Waals surface area (Å²) in [6.45, 7) is 5.70. The SMILES string of the molecule is CCOC(=O)/C=C/c1cc(/C=C/C(=O)OCC)cc(C(C)(O)c2cccnc2)c1. The molecule has 0 radical (unpaired) electrons. The molecule has 0 saturated carbocycles. The van der Waals surface area contributed by atoms with Crippen LogP contribution in [-0.2, 0) is 24.7 Å². The molecule has 2 rings (SSSR count). The third-order valence-electron chi connectivity index (χ3n) is 4.16. The number of carbonyl (C=O) groups is 2. The molecule has 1 aromatic carbocycles. The van der Waals surface area contributed by atoms with Crippen LogP contribution in [0.15, 0.2) is 54.9 Å². The molecular weight excluding hydrogens is 370 g/mol. The number of hydrogen-bond donors (Lipinski definition) is 1. The van der Waals surface area contributed by atoms with Gasteiger partial charge in [-0.15, -0.1) is 0 Å². The molecule has 1 aromatic heterocycles. The molecule has 0 aliphatic carbocycles. The number of esters is 2. The largest absolute Gasteiger partial charge is 0.463 e. The van der Waals surface area contributed by atoms with Gasteiger partial charge in [-0.05, 0) is 73.9 Å². The van der Waals surface area contributed by atoms with E-state index in [1.165, 1.54) is 12.2 Å². The van der Waals surface area contributed by atoms with Crippen LogP contribution in [-0.4, -0.2) is 35.2 Å². The maximum Gasteiger partial charge on any atom is 0.330 e. The summed E-state index contributed by atoms with van der Waals surface area (Å²) in [7, 11) is 0. The molecule has 0 amide bonds. The minimum Gasteiger partial charge on any atom is -0.463 e. The van der Waals surface area contributed by atoms with E-state index in [-0.39, 0.29) is 13.2 Å². The van der Waals surface area contributed by atoms with E-state index < -0.39 is 17.5 Å². The Bertz CT molecular complexity index is 854. The van der Waals surface area contributed by atoms with Crippen LogP contribution >= 0.6 is 0 Å². The van der Waals surface area contributed by atoms with Crippen molar-refractivity contribution in [1.82, 2.24) is 4.98 Å². The number of carbonyl (C=O) groups excluding carboxylic acids is 2. The molecule has 0 saturated heterocycles. The topological polar surface area (TPSA) is 85.7 Å². The molecule has 0 aliphatic heterocycles. The van der Waals surface area contributed by atoms with Gasteiger partial charge >= 0.3 is 11.9 Å². The van der Waals surface area contributed by atoms with Gasteiger partial charge in [0.15, 0.2) is 0 Å². The summed E-state index contributed by atoms with van der Waals surface area (Å²) >= 11 is 0. The van der Waals surface area contributed by atoms with E-state index in [1.54, 1.807) is 75.6 Å². The fraction of sp³-hybridized carbons (Fsp3) is 0.261. The number of benzene rings is 1. The smallest absolute Gasteiger partial charge is 0.330 e. The maximum atomic E-state index is 11.6. The lowest BCUT2D eigenvalue weighted by Gasteiger charge is -2.25. The van der Waals surface area contributed by atoms with Crippen LogP contribution in [0.1, 0.15) is 43.0 Å². The van der Waals surface area contributed by atoms with Crippen LogP contribution in [0.25, 0.3) is 12.2 Å². The number of rotatable bonds is 8. The highest BCUT2D eigenvalue weighted by Crippen LogP contribution is 2.30. The van der Waals surface area contributed by atoms with E-state index in [0.29, 0.717) is 22.3 Å². The fourth-order valence-corrected chi connectivity index (χ4v) is 2.68. The lowest BCUT2D eigenvalue weighted by molar-refractivity contribution is -0.138. The van der Waals surface area contributed by atoms with E-state index in [2.05, 4.69) is 4.98 Å². The number of ether oxygens (including phenoxy) is 2. The van der Waals surface area contributed by atoms with Crippen LogP contribution in [0, 0.1) is 0 Å². The van der Waals surface area contributed by atoms with E-state index in [1.807, 2.05) is 0 Å². The van der Waals surface area contributed by atoms with Crippen LogP contribution in [0.4, 0.5) is 0 Å². The Hall–Kier alpha value is -3.25. The molecule has 6 heteroatoms. The molecule has 2 aromatic rings. The highest BCUT2D eigenvalue weighted by atomic mass is 16.5. The summed E-state index contributed by atoms with van der Waals surface area (Å²) in [6, 6.07) is 8.85. The second-order valence-electron chi connectivity index (χ2n) is 6.37. The second-order valence-corrected chi connectivity index (χ2v) is 6.37. The first kappa shape index (κ1) is 22.0. The fourth-order valence-electron chi connectivity index (χ4n) is 2.68. The summed E-state index contributed by atoms with van der Waals surface area (Å²) in [5.41, 5.74) is 1.22. The van der Waals surface area contributed by atoms with Crippen molar-refractivity contribution in [3.8, 4) is 0 Å². The normalized spacial score (nSPS) is 13.4. The average Bonchev–Trinajstić information content (AvgIpc) is 2.72. The molecule has 1 atom stereocenters. The summed E-state index contributed by atoms with van der Waals surface area (Å²) in [5.74, 6) is -0.916. The zero-order valence-electron chi connectivity index (χ0n) is 16.8. The van der Waals surface area contributed by atoms with Crippen molar-refractivity contribution in [2.24, 2.45) is 0 Å². The van der Waals surface area contributed by atoms with Gasteiger partial charge in [-0.3, -0.25) is 4.98 Å². The van der Waals surface area contributed by atoms with Crippen LogP contribution in [0.5, 0.6) is 0 Å². The number of pyridine rings is 1. The van der Waals surface area contributed by atoms with Crippen molar-refractivity contribution in [2.75, 3.05) is 13.2 Å². The molecule has 1 unspecified atom stereocenters. The van der Waals surface area contributed by atoms with Crippen molar-refractivity contribution in [2.45, 2.75) is 26.4 Å². The molecule has 6 nitrogen and oxygen atoms in total. The highest BCUT2D eigenvalue weighted by Gasteiger charge is 2.26. The van der Waals surface area contributed by atoms with Gasteiger partial charge in [0.25, 0.3) is 0 Å². The van der Waals surface area contributed by atoms with Gasteiger partial charge in [0.1, 0.15) is 5.60 Å². The third-order valence-corrected chi connectivity index (χ3v) is 4.16. The van der Waals surface area contributed by atoms with Gasteiger partial charge in [-0.25, -0.2) is 9.59 Å². The van der Waals surface area contributed by atoms with Crippen LogP contribution in [0.2, 0.25) is 0 Å². The van der Waals surface area contributed by atoms with Gasteiger partial charge in [0.2, 0.25) is 0 Å². The van der Waals surface area contributed by atoms with E-state index in [9.17, 15) is 14.7 Å². The number of hydrogen-bond acceptors (Lipinski definition) is 6. The minimum absolute atomic E-state index is 0.284. The highest BCUT2D eigenvalue weighted by molar-refractivity contribution is 5.88. The Morgan fingerprint density at radius 2 is 1.55 bits per heavy atom. The van der Waals surface area contributed by atoms with Gasteiger partial charge < -0.3 is 14.6 Å². The predicted octanol–water partition coefficient (Wildman–Crippen LogP) is 3.49. The van der Waals surface area contributed by atoms with E-state index in [0.717, 1.165) is 0 Å². The molecule has 0 bridgehead atoms. The Kier molecular flexibility index (Phi) is 7.86. The Morgan fingerprint density at radius 3 is 2.00 bits per heavy atom. The zero-order chi connectivity index (χ0) is 21.3. The lowest BCUT2D eigenvalue weighted by atomic mass is 9.87. The first-order valence-corrected chi connectivity index (χ1v) is 9.35. The first-order valence-electron chi connectivity index (χ1n) is 9.35. The molecule has 0 aliphatic rings. The summed E-state index contributed by atoms with van der Waals surface area (Å²) in [5, 5.41) is 11.2. The van der Waals surface area contributed by atoms with E-state index in [4.69, 9.17) is 9.47 Å². The molecule has 1 N–H and O–H groups in total. The molecule has 29 heavy (non-hydrogen) atoms. The molecule has 152 valence electrons. The zero-order valence-corrected chi connectivity index (χ0v) is 16.8. The lowest BCUT2D eigenvalue weighted by Crippen LogP contribution is -2.23. The maximum absolute atomic E-state index is 11.6. The monoisotopic (exact) mass is 395 g/mol. The van der Waals surface area contributed by atoms with Gasteiger partial charge in [-0.2, -0.15) is 0 Å². The Morgan fingerprint density at radius 1 is 1.00 bits per heavy atom.